The Hall–Kier alpha value is -2.20. The van der Waals surface area contributed by atoms with Crippen LogP contribution in [-0.4, -0.2) is 19.6 Å². The molecule has 25 heavy (non-hydrogen) atoms. The number of carbonyl (C=O) groups is 1. The average Bonchev–Trinajstić information content (AvgIpc) is 3.10. The second-order valence-corrected chi connectivity index (χ2v) is 6.53. The third-order valence-electron chi connectivity index (χ3n) is 4.98. The van der Waals surface area contributed by atoms with E-state index in [-0.39, 0.29) is 23.7 Å². The van der Waals surface area contributed by atoms with Crippen molar-refractivity contribution in [2.24, 2.45) is 0 Å². The standard InChI is InChI=1S/C20H24N2O2.ClH/c1-24-18-9-5-7-16(13-18)20(10-2-3-11-20)14-22-19(23)15-6-4-8-17(21)12-15;/h4-9,12-13H,2-3,10-11,14,21H2,1H3,(H,22,23);1H. The molecule has 0 aliphatic heterocycles. The number of benzene rings is 2. The van der Waals surface area contributed by atoms with Crippen LogP contribution in [0.15, 0.2) is 48.5 Å². The summed E-state index contributed by atoms with van der Waals surface area (Å²) < 4.78 is 5.37. The Morgan fingerprint density at radius 3 is 2.56 bits per heavy atom. The van der Waals surface area contributed by atoms with E-state index >= 15 is 0 Å². The number of hydrogen-bond donors (Lipinski definition) is 2. The molecule has 134 valence electrons. The molecule has 5 heteroatoms. The van der Waals surface area contributed by atoms with E-state index in [9.17, 15) is 4.79 Å². The van der Waals surface area contributed by atoms with Crippen molar-refractivity contribution < 1.29 is 9.53 Å². The van der Waals surface area contributed by atoms with Gasteiger partial charge in [-0.15, -0.1) is 12.4 Å². The number of carbonyl (C=O) groups excluding carboxylic acids is 1. The molecule has 3 N–H and O–H groups in total. The number of hydrogen-bond acceptors (Lipinski definition) is 3. The summed E-state index contributed by atoms with van der Waals surface area (Å²) in [7, 11) is 1.68. The lowest BCUT2D eigenvalue weighted by Crippen LogP contribution is -2.39. The first-order valence-electron chi connectivity index (χ1n) is 8.41. The molecule has 2 aromatic rings. The van der Waals surface area contributed by atoms with E-state index in [2.05, 4.69) is 17.4 Å². The molecule has 0 unspecified atom stereocenters. The van der Waals surface area contributed by atoms with Crippen molar-refractivity contribution in [2.45, 2.75) is 31.1 Å². The van der Waals surface area contributed by atoms with Crippen molar-refractivity contribution in [3.63, 3.8) is 0 Å². The van der Waals surface area contributed by atoms with Gasteiger partial charge in [0, 0.05) is 23.2 Å². The maximum Gasteiger partial charge on any atom is 0.251 e. The summed E-state index contributed by atoms with van der Waals surface area (Å²) in [6.07, 6.45) is 4.53. The first-order valence-corrected chi connectivity index (χ1v) is 8.41. The number of nitrogens with two attached hydrogens (primary N) is 1. The van der Waals surface area contributed by atoms with Gasteiger partial charge in [0.2, 0.25) is 0 Å². The van der Waals surface area contributed by atoms with E-state index in [0.29, 0.717) is 17.8 Å². The van der Waals surface area contributed by atoms with Crippen molar-refractivity contribution in [1.82, 2.24) is 5.32 Å². The molecule has 2 aromatic carbocycles. The Morgan fingerprint density at radius 2 is 1.88 bits per heavy atom. The van der Waals surface area contributed by atoms with Crippen molar-refractivity contribution in [3.05, 3.63) is 59.7 Å². The fourth-order valence-corrected chi connectivity index (χ4v) is 3.60. The first-order chi connectivity index (χ1) is 11.6. The van der Waals surface area contributed by atoms with Crippen LogP contribution in [0.1, 0.15) is 41.6 Å². The Bertz CT molecular complexity index is 727. The number of anilines is 1. The third kappa shape index (κ3) is 4.26. The van der Waals surface area contributed by atoms with Crippen LogP contribution in [0.5, 0.6) is 5.75 Å². The molecule has 1 fully saturated rings. The first kappa shape index (κ1) is 19.1. The highest BCUT2D eigenvalue weighted by atomic mass is 35.5. The largest absolute Gasteiger partial charge is 0.497 e. The smallest absolute Gasteiger partial charge is 0.251 e. The normalized spacial score (nSPS) is 15.2. The minimum absolute atomic E-state index is 0. The molecule has 0 saturated heterocycles. The van der Waals surface area contributed by atoms with E-state index in [1.165, 1.54) is 18.4 Å². The van der Waals surface area contributed by atoms with Crippen LogP contribution in [0.4, 0.5) is 5.69 Å². The van der Waals surface area contributed by atoms with Gasteiger partial charge in [0.25, 0.3) is 5.91 Å². The topological polar surface area (TPSA) is 64.3 Å². The number of methoxy groups -OCH3 is 1. The quantitative estimate of drug-likeness (QED) is 0.794. The van der Waals surface area contributed by atoms with Gasteiger partial charge in [-0.3, -0.25) is 4.79 Å². The number of rotatable bonds is 5. The Balaban J connectivity index is 0.00000225. The predicted octanol–water partition coefficient (Wildman–Crippen LogP) is 3.94. The van der Waals surface area contributed by atoms with Gasteiger partial charge in [0.1, 0.15) is 5.75 Å². The minimum atomic E-state index is -0.0727. The van der Waals surface area contributed by atoms with Gasteiger partial charge in [0.15, 0.2) is 0 Å². The molecule has 1 aliphatic rings. The van der Waals surface area contributed by atoms with Crippen molar-refractivity contribution >= 4 is 24.0 Å². The zero-order chi connectivity index (χ0) is 17.0. The van der Waals surface area contributed by atoms with Crippen molar-refractivity contribution in [1.29, 1.82) is 0 Å². The highest BCUT2D eigenvalue weighted by Gasteiger charge is 2.36. The van der Waals surface area contributed by atoms with E-state index in [4.69, 9.17) is 10.5 Å². The fraction of sp³-hybridized carbons (Fsp3) is 0.350. The molecule has 1 amide bonds. The Morgan fingerprint density at radius 1 is 1.16 bits per heavy atom. The molecule has 0 bridgehead atoms. The van der Waals surface area contributed by atoms with Crippen LogP contribution < -0.4 is 15.8 Å². The zero-order valence-electron chi connectivity index (χ0n) is 14.5. The summed E-state index contributed by atoms with van der Waals surface area (Å²) in [5.74, 6) is 0.789. The number of ether oxygens (including phenoxy) is 1. The molecule has 0 spiro atoms. The maximum atomic E-state index is 12.5. The van der Waals surface area contributed by atoms with E-state index in [0.717, 1.165) is 18.6 Å². The zero-order valence-corrected chi connectivity index (χ0v) is 15.3. The fourth-order valence-electron chi connectivity index (χ4n) is 3.60. The summed E-state index contributed by atoms with van der Waals surface area (Å²) in [6, 6.07) is 15.3. The van der Waals surface area contributed by atoms with Crippen LogP contribution in [-0.2, 0) is 5.41 Å². The van der Waals surface area contributed by atoms with E-state index < -0.39 is 0 Å². The summed E-state index contributed by atoms with van der Waals surface area (Å²) >= 11 is 0. The minimum Gasteiger partial charge on any atom is -0.497 e. The summed E-state index contributed by atoms with van der Waals surface area (Å²) in [5, 5.41) is 3.11. The second kappa shape index (κ2) is 8.26. The van der Waals surface area contributed by atoms with Crippen LogP contribution in [0, 0.1) is 0 Å². The molecule has 0 heterocycles. The van der Waals surface area contributed by atoms with Crippen molar-refractivity contribution in [2.75, 3.05) is 19.4 Å². The summed E-state index contributed by atoms with van der Waals surface area (Å²) in [4.78, 5) is 12.5. The third-order valence-corrected chi connectivity index (χ3v) is 4.98. The molecule has 0 atom stereocenters. The molecule has 0 radical (unpaired) electrons. The van der Waals surface area contributed by atoms with Gasteiger partial charge >= 0.3 is 0 Å². The lowest BCUT2D eigenvalue weighted by Gasteiger charge is -2.30. The van der Waals surface area contributed by atoms with Crippen LogP contribution in [0.2, 0.25) is 0 Å². The highest BCUT2D eigenvalue weighted by Crippen LogP contribution is 2.41. The Labute approximate surface area is 155 Å². The van der Waals surface area contributed by atoms with Gasteiger partial charge in [-0.2, -0.15) is 0 Å². The summed E-state index contributed by atoms with van der Waals surface area (Å²) in [6.45, 7) is 0.633. The molecule has 3 rings (SSSR count). The maximum absolute atomic E-state index is 12.5. The monoisotopic (exact) mass is 360 g/mol. The Kier molecular flexibility index (Phi) is 6.32. The predicted molar refractivity (Wildman–Crippen MR) is 104 cm³/mol. The summed E-state index contributed by atoms with van der Waals surface area (Å²) in [5.41, 5.74) is 8.21. The number of nitrogens with one attached hydrogen (secondary N) is 1. The van der Waals surface area contributed by atoms with Gasteiger partial charge in [-0.25, -0.2) is 0 Å². The van der Waals surface area contributed by atoms with Crippen LogP contribution >= 0.6 is 12.4 Å². The SMILES string of the molecule is COc1cccc(C2(CNC(=O)c3cccc(N)c3)CCCC2)c1.Cl. The number of nitrogen functional groups attached to an aromatic ring is 1. The number of halogens is 1. The lowest BCUT2D eigenvalue weighted by molar-refractivity contribution is 0.0943. The highest BCUT2D eigenvalue weighted by molar-refractivity contribution is 5.95. The second-order valence-electron chi connectivity index (χ2n) is 6.53. The lowest BCUT2D eigenvalue weighted by atomic mass is 9.78. The van der Waals surface area contributed by atoms with Crippen molar-refractivity contribution in [3.8, 4) is 5.75 Å². The average molecular weight is 361 g/mol. The van der Waals surface area contributed by atoms with Gasteiger partial charge in [0.05, 0.1) is 7.11 Å². The molecule has 1 aliphatic carbocycles. The van der Waals surface area contributed by atoms with E-state index in [1.807, 2.05) is 12.1 Å². The molecule has 4 nitrogen and oxygen atoms in total. The molecular weight excluding hydrogens is 336 g/mol. The van der Waals surface area contributed by atoms with Gasteiger partial charge in [-0.1, -0.05) is 31.0 Å². The van der Waals surface area contributed by atoms with Gasteiger partial charge in [-0.05, 0) is 48.7 Å². The molecule has 1 saturated carbocycles. The van der Waals surface area contributed by atoms with E-state index in [1.54, 1.807) is 31.4 Å². The van der Waals surface area contributed by atoms with Crippen LogP contribution in [0.3, 0.4) is 0 Å². The molecule has 0 aromatic heterocycles. The molecular formula is C20H25ClN2O2. The van der Waals surface area contributed by atoms with Gasteiger partial charge < -0.3 is 15.8 Å². The van der Waals surface area contributed by atoms with Crippen LogP contribution in [0.25, 0.3) is 0 Å². The number of amides is 1.